The van der Waals surface area contributed by atoms with Crippen molar-refractivity contribution >= 4 is 33.8 Å². The van der Waals surface area contributed by atoms with Gasteiger partial charge >= 0.3 is 6.09 Å². The number of amides is 3. The van der Waals surface area contributed by atoms with Gasteiger partial charge in [0.1, 0.15) is 23.5 Å². The largest absolute Gasteiger partial charge is 0.444 e. The molecule has 0 aromatic heterocycles. The Bertz CT molecular complexity index is 928. The van der Waals surface area contributed by atoms with Gasteiger partial charge in [-0.1, -0.05) is 26.8 Å². The number of nitrogens with zero attached hydrogens (tertiary/aromatic N) is 1. The predicted molar refractivity (Wildman–Crippen MR) is 129 cm³/mol. The SMILES string of the molecule is C[C@H](NC(=O)[C@@H]1C[C@@H](O)CN1C(=O)[C@@H](NC(=O)OC(C)(C)C)C(C)(C)C)c1ccc(Br)c(F)c1. The first-order valence-electron chi connectivity index (χ1n) is 11.2. The van der Waals surface area contributed by atoms with Gasteiger partial charge in [-0.3, -0.25) is 9.59 Å². The van der Waals surface area contributed by atoms with E-state index in [1.807, 2.05) is 0 Å². The number of likely N-dealkylation sites (tertiary alicyclic amines) is 1. The first-order valence-corrected chi connectivity index (χ1v) is 12.0. The summed E-state index contributed by atoms with van der Waals surface area (Å²) in [5, 5.41) is 15.7. The molecule has 1 aromatic rings. The number of carbonyl (C=O) groups is 3. The van der Waals surface area contributed by atoms with Crippen LogP contribution in [0.2, 0.25) is 0 Å². The molecule has 0 bridgehead atoms. The van der Waals surface area contributed by atoms with Crippen molar-refractivity contribution in [3.63, 3.8) is 0 Å². The van der Waals surface area contributed by atoms with Crippen LogP contribution >= 0.6 is 15.9 Å². The molecule has 10 heteroatoms. The average Bonchev–Trinajstić information content (AvgIpc) is 3.07. The minimum Gasteiger partial charge on any atom is -0.444 e. The number of rotatable bonds is 5. The molecule has 3 N–H and O–H groups in total. The highest BCUT2D eigenvalue weighted by molar-refractivity contribution is 9.10. The molecule has 1 heterocycles. The van der Waals surface area contributed by atoms with E-state index >= 15 is 0 Å². The van der Waals surface area contributed by atoms with Gasteiger partial charge in [0, 0.05) is 13.0 Å². The zero-order chi connectivity index (χ0) is 26.0. The number of aliphatic hydroxyl groups is 1. The maximum atomic E-state index is 13.9. The number of carbonyl (C=O) groups excluding carboxylic acids is 3. The van der Waals surface area contributed by atoms with Crippen LogP contribution in [0, 0.1) is 11.2 Å². The molecule has 34 heavy (non-hydrogen) atoms. The third kappa shape index (κ3) is 7.40. The molecule has 1 saturated heterocycles. The number of aliphatic hydroxyl groups excluding tert-OH is 1. The molecule has 1 aromatic carbocycles. The van der Waals surface area contributed by atoms with Crippen LogP contribution in [-0.4, -0.2) is 58.2 Å². The smallest absolute Gasteiger partial charge is 0.408 e. The summed E-state index contributed by atoms with van der Waals surface area (Å²) >= 11 is 3.10. The number of hydrogen-bond acceptors (Lipinski definition) is 5. The lowest BCUT2D eigenvalue weighted by molar-refractivity contribution is -0.142. The van der Waals surface area contributed by atoms with Crippen LogP contribution < -0.4 is 10.6 Å². The van der Waals surface area contributed by atoms with Crippen LogP contribution in [0.5, 0.6) is 0 Å². The lowest BCUT2D eigenvalue weighted by atomic mass is 9.85. The number of nitrogens with one attached hydrogen (secondary N) is 2. The molecule has 0 radical (unpaired) electrons. The second-order valence-corrected chi connectivity index (χ2v) is 11.6. The fraction of sp³-hybridized carbons (Fsp3) is 0.625. The van der Waals surface area contributed by atoms with Gasteiger partial charge in [0.25, 0.3) is 0 Å². The van der Waals surface area contributed by atoms with Crippen LogP contribution in [0.3, 0.4) is 0 Å². The monoisotopic (exact) mass is 543 g/mol. The van der Waals surface area contributed by atoms with Crippen LogP contribution in [0.25, 0.3) is 0 Å². The first-order chi connectivity index (χ1) is 15.5. The minimum absolute atomic E-state index is 0.0409. The summed E-state index contributed by atoms with van der Waals surface area (Å²) in [5.41, 5.74) is -0.875. The minimum atomic E-state index is -0.985. The van der Waals surface area contributed by atoms with Crippen molar-refractivity contribution in [2.45, 2.75) is 84.7 Å². The Morgan fingerprint density at radius 3 is 2.32 bits per heavy atom. The zero-order valence-corrected chi connectivity index (χ0v) is 22.3. The van der Waals surface area contributed by atoms with Crippen molar-refractivity contribution in [3.8, 4) is 0 Å². The number of benzene rings is 1. The van der Waals surface area contributed by atoms with Crippen molar-refractivity contribution in [2.24, 2.45) is 5.41 Å². The first kappa shape index (κ1) is 28.0. The van der Waals surface area contributed by atoms with Crippen molar-refractivity contribution in [2.75, 3.05) is 6.54 Å². The van der Waals surface area contributed by atoms with Gasteiger partial charge in [0.05, 0.1) is 16.6 Å². The molecule has 0 saturated carbocycles. The maximum Gasteiger partial charge on any atom is 0.408 e. The topological polar surface area (TPSA) is 108 Å². The molecule has 0 aliphatic carbocycles. The van der Waals surface area contributed by atoms with E-state index in [4.69, 9.17) is 4.74 Å². The second kappa shape index (κ2) is 10.6. The Labute approximate surface area is 208 Å². The van der Waals surface area contributed by atoms with E-state index in [0.717, 1.165) is 0 Å². The Balaban J connectivity index is 2.20. The number of β-amino-alcohol motifs (C(OH)–C–C–N with tert-alkyl or cyclic N) is 1. The molecule has 8 nitrogen and oxygen atoms in total. The van der Waals surface area contributed by atoms with Gasteiger partial charge in [-0.25, -0.2) is 9.18 Å². The van der Waals surface area contributed by atoms with Crippen molar-refractivity contribution in [3.05, 3.63) is 34.1 Å². The summed E-state index contributed by atoms with van der Waals surface area (Å²) in [6.45, 7) is 12.2. The third-order valence-electron chi connectivity index (χ3n) is 5.44. The normalized spacial score (nSPS) is 20.5. The zero-order valence-electron chi connectivity index (χ0n) is 20.7. The lowest BCUT2D eigenvalue weighted by Crippen LogP contribution is -2.58. The summed E-state index contributed by atoms with van der Waals surface area (Å²) in [4.78, 5) is 40.3. The molecule has 1 aliphatic rings. The summed E-state index contributed by atoms with van der Waals surface area (Å²) in [5.74, 6) is -1.41. The van der Waals surface area contributed by atoms with E-state index < -0.39 is 59.0 Å². The van der Waals surface area contributed by atoms with Crippen LogP contribution in [-0.2, 0) is 14.3 Å². The van der Waals surface area contributed by atoms with E-state index in [9.17, 15) is 23.9 Å². The van der Waals surface area contributed by atoms with Crippen molar-refractivity contribution < 1.29 is 28.6 Å². The van der Waals surface area contributed by atoms with E-state index in [1.54, 1.807) is 60.6 Å². The Morgan fingerprint density at radius 2 is 1.79 bits per heavy atom. The third-order valence-corrected chi connectivity index (χ3v) is 6.08. The Kier molecular flexibility index (Phi) is 8.74. The van der Waals surface area contributed by atoms with Crippen molar-refractivity contribution in [1.29, 1.82) is 0 Å². The fourth-order valence-corrected chi connectivity index (χ4v) is 3.97. The summed E-state index contributed by atoms with van der Waals surface area (Å²) in [7, 11) is 0. The highest BCUT2D eigenvalue weighted by Crippen LogP contribution is 2.27. The highest BCUT2D eigenvalue weighted by Gasteiger charge is 2.45. The number of halogens is 2. The van der Waals surface area contributed by atoms with Gasteiger partial charge in [-0.05, 0) is 66.7 Å². The molecule has 0 unspecified atom stereocenters. The summed E-state index contributed by atoms with van der Waals surface area (Å²) in [6, 6.07) is 2.12. The Morgan fingerprint density at radius 1 is 1.18 bits per heavy atom. The standard InChI is InChI=1S/C24H35BrFN3O5/c1-13(14-8-9-16(25)17(26)10-14)27-20(31)18-11-15(30)12-29(18)21(32)19(23(2,3)4)28-22(33)34-24(5,6)7/h8-10,13,15,18-19,30H,11-12H2,1-7H3,(H,27,31)(H,28,33)/t13-,15+,18-,19+/m0/s1. The van der Waals surface area contributed by atoms with Crippen molar-refractivity contribution in [1.82, 2.24) is 15.5 Å². The van der Waals surface area contributed by atoms with Gasteiger partial charge in [-0.15, -0.1) is 0 Å². The maximum absolute atomic E-state index is 13.9. The van der Waals surface area contributed by atoms with E-state index in [-0.39, 0.29) is 13.0 Å². The fourth-order valence-electron chi connectivity index (χ4n) is 3.72. The van der Waals surface area contributed by atoms with E-state index in [2.05, 4.69) is 26.6 Å². The lowest BCUT2D eigenvalue weighted by Gasteiger charge is -2.35. The van der Waals surface area contributed by atoms with Crippen LogP contribution in [0.4, 0.5) is 9.18 Å². The molecule has 3 amide bonds. The number of ether oxygens (including phenoxy) is 1. The van der Waals surface area contributed by atoms with Crippen LogP contribution in [0.1, 0.15) is 66.5 Å². The Hall–Kier alpha value is -2.20. The van der Waals surface area contributed by atoms with Gasteiger partial charge in [-0.2, -0.15) is 0 Å². The molecular formula is C24H35BrFN3O5. The average molecular weight is 544 g/mol. The molecule has 1 fully saturated rings. The molecule has 1 aliphatic heterocycles. The molecule has 190 valence electrons. The quantitative estimate of drug-likeness (QED) is 0.525. The van der Waals surface area contributed by atoms with Crippen LogP contribution in [0.15, 0.2) is 22.7 Å². The van der Waals surface area contributed by atoms with E-state index in [1.165, 1.54) is 11.0 Å². The van der Waals surface area contributed by atoms with E-state index in [0.29, 0.717) is 10.0 Å². The molecule has 4 atom stereocenters. The molecular weight excluding hydrogens is 509 g/mol. The highest BCUT2D eigenvalue weighted by atomic mass is 79.9. The second-order valence-electron chi connectivity index (χ2n) is 10.7. The number of alkyl carbamates (subject to hydrolysis) is 1. The van der Waals surface area contributed by atoms with Gasteiger partial charge < -0.3 is 25.4 Å². The molecule has 0 spiro atoms. The number of hydrogen-bond donors (Lipinski definition) is 3. The van der Waals surface area contributed by atoms with Gasteiger partial charge in [0.15, 0.2) is 0 Å². The molecule has 2 rings (SSSR count). The van der Waals surface area contributed by atoms with Gasteiger partial charge in [0.2, 0.25) is 11.8 Å². The summed E-state index contributed by atoms with van der Waals surface area (Å²) in [6.07, 6.45) is -1.57. The predicted octanol–water partition coefficient (Wildman–Crippen LogP) is 3.67. The summed E-state index contributed by atoms with van der Waals surface area (Å²) < 4.78 is 19.5.